The molecule has 0 saturated heterocycles. The Bertz CT molecular complexity index is 1460. The summed E-state index contributed by atoms with van der Waals surface area (Å²) in [5, 5.41) is 6.92. The summed E-state index contributed by atoms with van der Waals surface area (Å²) in [5.41, 5.74) is 3.02. The highest BCUT2D eigenvalue weighted by molar-refractivity contribution is 6.31. The van der Waals surface area contributed by atoms with Crippen LogP contribution in [0.3, 0.4) is 0 Å². The van der Waals surface area contributed by atoms with Gasteiger partial charge in [0.15, 0.2) is 0 Å². The van der Waals surface area contributed by atoms with E-state index in [1.807, 2.05) is 78.9 Å². The van der Waals surface area contributed by atoms with Gasteiger partial charge in [0.05, 0.1) is 5.92 Å². The van der Waals surface area contributed by atoms with Crippen LogP contribution < -0.4 is 10.6 Å². The molecule has 1 aromatic heterocycles. The summed E-state index contributed by atoms with van der Waals surface area (Å²) in [5.74, 6) is -1.32. The molecule has 2 amide bonds. The van der Waals surface area contributed by atoms with Crippen LogP contribution >= 0.6 is 11.6 Å². The summed E-state index contributed by atoms with van der Waals surface area (Å²) >= 11 is 6.06. The number of amides is 2. The fourth-order valence-corrected chi connectivity index (χ4v) is 4.26. The minimum atomic E-state index is -0.574. The van der Waals surface area contributed by atoms with E-state index < -0.39 is 11.8 Å². The molecule has 2 N–H and O–H groups in total. The van der Waals surface area contributed by atoms with Crippen molar-refractivity contribution in [2.75, 3.05) is 10.6 Å². The topological polar surface area (TPSA) is 71.3 Å². The van der Waals surface area contributed by atoms with E-state index in [4.69, 9.17) is 16.0 Å². The quantitative estimate of drug-likeness (QED) is 0.272. The lowest BCUT2D eigenvalue weighted by Gasteiger charge is -2.18. The van der Waals surface area contributed by atoms with E-state index in [1.165, 1.54) is 0 Å². The van der Waals surface area contributed by atoms with Gasteiger partial charge in [0.25, 0.3) is 5.91 Å². The normalized spacial score (nSPS) is 10.9. The lowest BCUT2D eigenvalue weighted by atomic mass is 9.90. The first-order valence-corrected chi connectivity index (χ1v) is 11.5. The van der Waals surface area contributed by atoms with Crippen LogP contribution in [0.15, 0.2) is 114 Å². The standard InChI is InChI=1S/C29H21ClN2O3/c30-21-14-9-15-22(18-21)31-29(34)27-26(23-16-7-8-17-24(23)35-27)32-28(33)25(19-10-3-1-4-11-19)20-12-5-2-6-13-20/h1-18,25H,(H,31,34)(H,32,33). The average molecular weight is 481 g/mol. The molecule has 35 heavy (non-hydrogen) atoms. The predicted octanol–water partition coefficient (Wildman–Crippen LogP) is 7.11. The van der Waals surface area contributed by atoms with Gasteiger partial charge in [-0.1, -0.05) is 90.5 Å². The first kappa shape index (κ1) is 22.4. The molecule has 0 spiro atoms. The van der Waals surface area contributed by atoms with Gasteiger partial charge in [-0.3, -0.25) is 9.59 Å². The van der Waals surface area contributed by atoms with Crippen LogP contribution in [0, 0.1) is 0 Å². The first-order chi connectivity index (χ1) is 17.1. The monoisotopic (exact) mass is 480 g/mol. The third-order valence-corrected chi connectivity index (χ3v) is 5.90. The van der Waals surface area contributed by atoms with Crippen LogP contribution in [-0.4, -0.2) is 11.8 Å². The number of para-hydroxylation sites is 1. The zero-order chi connectivity index (χ0) is 24.2. The third kappa shape index (κ3) is 4.81. The van der Waals surface area contributed by atoms with Crippen molar-refractivity contribution in [3.05, 3.63) is 131 Å². The van der Waals surface area contributed by atoms with Gasteiger partial charge in [-0.05, 0) is 41.5 Å². The lowest BCUT2D eigenvalue weighted by Crippen LogP contribution is -2.23. The number of halogens is 1. The Morgan fingerprint density at radius 1 is 0.714 bits per heavy atom. The van der Waals surface area contributed by atoms with Crippen LogP contribution in [-0.2, 0) is 4.79 Å². The van der Waals surface area contributed by atoms with Gasteiger partial charge in [-0.2, -0.15) is 0 Å². The zero-order valence-electron chi connectivity index (χ0n) is 18.6. The molecule has 5 nitrogen and oxygen atoms in total. The molecule has 0 saturated carbocycles. The second kappa shape index (κ2) is 9.87. The van der Waals surface area contributed by atoms with Gasteiger partial charge in [-0.15, -0.1) is 0 Å². The molecule has 172 valence electrons. The molecule has 1 heterocycles. The summed E-state index contributed by atoms with van der Waals surface area (Å²) in [6.07, 6.45) is 0. The van der Waals surface area contributed by atoms with E-state index in [1.54, 1.807) is 30.3 Å². The third-order valence-electron chi connectivity index (χ3n) is 5.66. The van der Waals surface area contributed by atoms with Crippen molar-refractivity contribution < 1.29 is 14.0 Å². The predicted molar refractivity (Wildman–Crippen MR) is 139 cm³/mol. The number of hydrogen-bond donors (Lipinski definition) is 2. The number of anilines is 2. The van der Waals surface area contributed by atoms with Crippen molar-refractivity contribution in [2.24, 2.45) is 0 Å². The van der Waals surface area contributed by atoms with Crippen molar-refractivity contribution in [3.8, 4) is 0 Å². The molecular weight excluding hydrogens is 460 g/mol. The van der Waals surface area contributed by atoms with Crippen molar-refractivity contribution in [1.29, 1.82) is 0 Å². The minimum Gasteiger partial charge on any atom is -0.449 e. The van der Waals surface area contributed by atoms with Crippen LogP contribution in [0.4, 0.5) is 11.4 Å². The Labute approximate surface area is 207 Å². The SMILES string of the molecule is O=C(Nc1cccc(Cl)c1)c1oc2ccccc2c1NC(=O)C(c1ccccc1)c1ccccc1. The molecule has 0 aliphatic heterocycles. The molecule has 0 bridgehead atoms. The highest BCUT2D eigenvalue weighted by Crippen LogP contribution is 2.34. The van der Waals surface area contributed by atoms with Crippen LogP contribution in [0.2, 0.25) is 5.02 Å². The largest absolute Gasteiger partial charge is 0.449 e. The number of hydrogen-bond acceptors (Lipinski definition) is 3. The van der Waals surface area contributed by atoms with E-state index >= 15 is 0 Å². The maximum absolute atomic E-state index is 13.7. The van der Waals surface area contributed by atoms with E-state index in [0.717, 1.165) is 11.1 Å². The van der Waals surface area contributed by atoms with Gasteiger partial charge in [0.1, 0.15) is 11.3 Å². The number of carbonyl (C=O) groups is 2. The van der Waals surface area contributed by atoms with E-state index in [-0.39, 0.29) is 11.7 Å². The number of fused-ring (bicyclic) bond motifs is 1. The van der Waals surface area contributed by atoms with Crippen molar-refractivity contribution in [1.82, 2.24) is 0 Å². The molecule has 0 unspecified atom stereocenters. The number of carbonyl (C=O) groups excluding carboxylic acids is 2. The molecule has 0 atom stereocenters. The Morgan fingerprint density at radius 2 is 1.34 bits per heavy atom. The number of furan rings is 1. The molecule has 6 heteroatoms. The van der Waals surface area contributed by atoms with Crippen molar-refractivity contribution in [3.63, 3.8) is 0 Å². The van der Waals surface area contributed by atoms with Gasteiger partial charge in [-0.25, -0.2) is 0 Å². The summed E-state index contributed by atoms with van der Waals surface area (Å²) in [6.45, 7) is 0. The summed E-state index contributed by atoms with van der Waals surface area (Å²) in [4.78, 5) is 26.9. The molecule has 0 radical (unpaired) electrons. The summed E-state index contributed by atoms with van der Waals surface area (Å²) in [7, 11) is 0. The van der Waals surface area contributed by atoms with Crippen molar-refractivity contribution >= 4 is 45.8 Å². The van der Waals surface area contributed by atoms with Crippen LogP contribution in [0.5, 0.6) is 0 Å². The van der Waals surface area contributed by atoms with E-state index in [2.05, 4.69) is 10.6 Å². The molecule has 0 aliphatic rings. The second-order valence-electron chi connectivity index (χ2n) is 8.01. The van der Waals surface area contributed by atoms with Gasteiger partial charge >= 0.3 is 0 Å². The fraction of sp³-hybridized carbons (Fsp3) is 0.0345. The smallest absolute Gasteiger partial charge is 0.293 e. The Morgan fingerprint density at radius 3 is 2.00 bits per heavy atom. The molecule has 4 aromatic carbocycles. The van der Waals surface area contributed by atoms with Gasteiger partial charge in [0.2, 0.25) is 11.7 Å². The van der Waals surface area contributed by atoms with Crippen LogP contribution in [0.1, 0.15) is 27.6 Å². The number of benzene rings is 4. The number of nitrogens with one attached hydrogen (secondary N) is 2. The van der Waals surface area contributed by atoms with Crippen molar-refractivity contribution in [2.45, 2.75) is 5.92 Å². The van der Waals surface area contributed by atoms with Gasteiger partial charge in [0, 0.05) is 16.1 Å². The Balaban J connectivity index is 1.53. The first-order valence-electron chi connectivity index (χ1n) is 11.1. The molecule has 5 aromatic rings. The highest BCUT2D eigenvalue weighted by Gasteiger charge is 2.27. The minimum absolute atomic E-state index is 0.0133. The van der Waals surface area contributed by atoms with Crippen LogP contribution in [0.25, 0.3) is 11.0 Å². The van der Waals surface area contributed by atoms with Gasteiger partial charge < -0.3 is 15.1 Å². The highest BCUT2D eigenvalue weighted by atomic mass is 35.5. The zero-order valence-corrected chi connectivity index (χ0v) is 19.3. The molecular formula is C29H21ClN2O3. The van der Waals surface area contributed by atoms with E-state index in [9.17, 15) is 9.59 Å². The summed E-state index contributed by atoms with van der Waals surface area (Å²) in [6, 6.07) is 33.1. The second-order valence-corrected chi connectivity index (χ2v) is 8.45. The fourth-order valence-electron chi connectivity index (χ4n) is 4.07. The Kier molecular flexibility index (Phi) is 6.33. The Hall–Kier alpha value is -4.35. The summed E-state index contributed by atoms with van der Waals surface area (Å²) < 4.78 is 5.90. The molecule has 0 aliphatic carbocycles. The lowest BCUT2D eigenvalue weighted by molar-refractivity contribution is -0.116. The average Bonchev–Trinajstić information content (AvgIpc) is 3.24. The maximum atomic E-state index is 13.7. The molecule has 0 fully saturated rings. The maximum Gasteiger partial charge on any atom is 0.293 e. The number of rotatable bonds is 6. The van der Waals surface area contributed by atoms with E-state index in [0.29, 0.717) is 27.4 Å². The molecule has 5 rings (SSSR count).